The quantitative estimate of drug-likeness (QED) is 0.0321. The number of aliphatic hydroxyl groups is 2. The summed E-state index contributed by atoms with van der Waals surface area (Å²) in [6.07, 6.45) is 66.4. The molecule has 0 aliphatic heterocycles. The van der Waals surface area contributed by atoms with Crippen molar-refractivity contribution in [3.05, 3.63) is 24.3 Å². The molecule has 0 spiro atoms. The lowest BCUT2D eigenvalue weighted by atomic mass is 10.0. The van der Waals surface area contributed by atoms with Gasteiger partial charge in [0.25, 0.3) is 0 Å². The number of ether oxygens (including phenoxy) is 1. The lowest BCUT2D eigenvalue weighted by Crippen LogP contribution is -2.45. The van der Waals surface area contributed by atoms with Gasteiger partial charge in [0.05, 0.1) is 25.4 Å². The Morgan fingerprint density at radius 1 is 0.415 bits per heavy atom. The van der Waals surface area contributed by atoms with Crippen LogP contribution < -0.4 is 5.32 Å². The van der Waals surface area contributed by atoms with E-state index in [1.807, 2.05) is 6.08 Å². The van der Waals surface area contributed by atoms with Crippen molar-refractivity contribution >= 4 is 11.9 Å². The van der Waals surface area contributed by atoms with Crippen molar-refractivity contribution in [3.8, 4) is 0 Å². The van der Waals surface area contributed by atoms with E-state index in [0.717, 1.165) is 44.9 Å². The summed E-state index contributed by atoms with van der Waals surface area (Å²) in [6.45, 7) is 4.88. The molecule has 2 unspecified atom stereocenters. The minimum Gasteiger partial charge on any atom is -0.466 e. The van der Waals surface area contributed by atoms with Crippen LogP contribution in [0.1, 0.15) is 316 Å². The fourth-order valence-electron chi connectivity index (χ4n) is 8.98. The molecule has 0 heterocycles. The zero-order valence-electron chi connectivity index (χ0n) is 43.7. The molecular formula is C59H113NO5. The topological polar surface area (TPSA) is 95.9 Å². The number of esters is 1. The minimum absolute atomic E-state index is 0.00938. The summed E-state index contributed by atoms with van der Waals surface area (Å²) in [4.78, 5) is 24.5. The highest BCUT2D eigenvalue weighted by Crippen LogP contribution is 2.17. The van der Waals surface area contributed by atoms with Crippen molar-refractivity contribution in [2.75, 3.05) is 13.2 Å². The number of carbonyl (C=O) groups excluding carboxylic acids is 2. The van der Waals surface area contributed by atoms with Gasteiger partial charge in [-0.25, -0.2) is 0 Å². The largest absolute Gasteiger partial charge is 0.466 e. The SMILES string of the molecule is CCCCCCCC/C=C\CCCCCCCCCCCC(=O)OCCCCCCCCCCCCCCCCCCCCCCC(=O)NC(CO)C(O)/C=C/CCCCCCCCC. The first-order valence-electron chi connectivity index (χ1n) is 29.1. The second-order valence-electron chi connectivity index (χ2n) is 20.0. The standard InChI is InChI=1S/C59H113NO5/c1-3-5-7-9-11-13-14-15-16-17-20-24-27-30-33-37-41-45-49-53-59(64)65-54-50-46-42-38-34-31-28-25-22-19-18-21-23-26-29-32-36-40-44-48-52-58(63)60-56(55-61)57(62)51-47-43-39-35-12-10-8-6-4-2/h15-16,47,51,56-57,61-62H,3-14,17-46,48-50,52-55H2,1-2H3,(H,60,63)/b16-15-,51-47+. The summed E-state index contributed by atoms with van der Waals surface area (Å²) in [5.74, 6) is -0.0626. The molecule has 0 aromatic heterocycles. The zero-order valence-corrected chi connectivity index (χ0v) is 43.7. The van der Waals surface area contributed by atoms with Crippen LogP contribution in [-0.4, -0.2) is 47.4 Å². The van der Waals surface area contributed by atoms with Crippen LogP contribution in [0.2, 0.25) is 0 Å². The van der Waals surface area contributed by atoms with Gasteiger partial charge in [0.15, 0.2) is 0 Å². The fourth-order valence-corrected chi connectivity index (χ4v) is 8.98. The van der Waals surface area contributed by atoms with Crippen molar-refractivity contribution in [1.82, 2.24) is 5.32 Å². The van der Waals surface area contributed by atoms with Gasteiger partial charge >= 0.3 is 5.97 Å². The van der Waals surface area contributed by atoms with E-state index in [0.29, 0.717) is 19.4 Å². The number of unbranched alkanes of at least 4 members (excludes halogenated alkanes) is 41. The van der Waals surface area contributed by atoms with Crippen LogP contribution in [0.5, 0.6) is 0 Å². The van der Waals surface area contributed by atoms with Crippen molar-refractivity contribution in [2.45, 2.75) is 328 Å². The van der Waals surface area contributed by atoms with Crippen molar-refractivity contribution in [2.24, 2.45) is 0 Å². The summed E-state index contributed by atoms with van der Waals surface area (Å²) < 4.78 is 5.49. The van der Waals surface area contributed by atoms with Crippen LogP contribution in [0.3, 0.4) is 0 Å². The molecule has 1 amide bonds. The number of hydrogen-bond acceptors (Lipinski definition) is 5. The van der Waals surface area contributed by atoms with Crippen LogP contribution in [0.4, 0.5) is 0 Å². The molecule has 0 aromatic carbocycles. The Hall–Kier alpha value is -1.66. The molecule has 2 atom stereocenters. The molecule has 0 bridgehead atoms. The third-order valence-electron chi connectivity index (χ3n) is 13.5. The van der Waals surface area contributed by atoms with E-state index in [4.69, 9.17) is 4.74 Å². The van der Waals surface area contributed by atoms with Gasteiger partial charge in [0, 0.05) is 12.8 Å². The number of rotatable bonds is 54. The summed E-state index contributed by atoms with van der Waals surface area (Å²) >= 11 is 0. The van der Waals surface area contributed by atoms with Crippen LogP contribution in [-0.2, 0) is 14.3 Å². The monoisotopic (exact) mass is 916 g/mol. The molecule has 0 saturated carbocycles. The maximum Gasteiger partial charge on any atom is 0.305 e. The Balaban J connectivity index is 3.36. The molecule has 0 fully saturated rings. The van der Waals surface area contributed by atoms with Crippen LogP contribution >= 0.6 is 0 Å². The molecular weight excluding hydrogens is 803 g/mol. The lowest BCUT2D eigenvalue weighted by Gasteiger charge is -2.20. The third kappa shape index (κ3) is 51.6. The summed E-state index contributed by atoms with van der Waals surface area (Å²) in [5, 5.41) is 22.9. The summed E-state index contributed by atoms with van der Waals surface area (Å²) in [6, 6.07) is -0.627. The highest BCUT2D eigenvalue weighted by Gasteiger charge is 2.18. The van der Waals surface area contributed by atoms with E-state index in [1.54, 1.807) is 6.08 Å². The summed E-state index contributed by atoms with van der Waals surface area (Å²) in [5.41, 5.74) is 0. The van der Waals surface area contributed by atoms with Crippen molar-refractivity contribution in [3.63, 3.8) is 0 Å². The van der Waals surface area contributed by atoms with Gasteiger partial charge in [0.1, 0.15) is 0 Å². The van der Waals surface area contributed by atoms with Crippen LogP contribution in [0.25, 0.3) is 0 Å². The van der Waals surface area contributed by atoms with Crippen LogP contribution in [0, 0.1) is 0 Å². The zero-order chi connectivity index (χ0) is 47.2. The maximum absolute atomic E-state index is 12.4. The number of allylic oxidation sites excluding steroid dienone is 3. The summed E-state index contributed by atoms with van der Waals surface area (Å²) in [7, 11) is 0. The van der Waals surface area contributed by atoms with Gasteiger partial charge in [-0.15, -0.1) is 0 Å². The molecule has 65 heavy (non-hydrogen) atoms. The van der Waals surface area contributed by atoms with E-state index in [9.17, 15) is 19.8 Å². The predicted molar refractivity (Wildman–Crippen MR) is 283 cm³/mol. The Kier molecular flexibility index (Phi) is 53.5. The molecule has 0 aliphatic rings. The van der Waals surface area contributed by atoms with Gasteiger partial charge in [-0.3, -0.25) is 9.59 Å². The lowest BCUT2D eigenvalue weighted by molar-refractivity contribution is -0.143. The average molecular weight is 917 g/mol. The van der Waals surface area contributed by atoms with Gasteiger partial charge in [-0.2, -0.15) is 0 Å². The predicted octanol–water partition coefficient (Wildman–Crippen LogP) is 17.9. The smallest absolute Gasteiger partial charge is 0.305 e. The molecule has 0 rings (SSSR count). The van der Waals surface area contributed by atoms with Crippen LogP contribution in [0.15, 0.2) is 24.3 Å². The number of aliphatic hydroxyl groups excluding tert-OH is 2. The molecule has 0 aliphatic carbocycles. The molecule has 0 saturated heterocycles. The van der Waals surface area contributed by atoms with E-state index in [-0.39, 0.29) is 18.5 Å². The average Bonchev–Trinajstić information content (AvgIpc) is 3.31. The molecule has 0 radical (unpaired) electrons. The van der Waals surface area contributed by atoms with Gasteiger partial charge < -0.3 is 20.3 Å². The van der Waals surface area contributed by atoms with Crippen molar-refractivity contribution < 1.29 is 24.5 Å². The molecule has 384 valence electrons. The van der Waals surface area contributed by atoms with Gasteiger partial charge in [-0.1, -0.05) is 269 Å². The van der Waals surface area contributed by atoms with E-state index >= 15 is 0 Å². The number of amides is 1. The third-order valence-corrected chi connectivity index (χ3v) is 13.5. The van der Waals surface area contributed by atoms with E-state index in [2.05, 4.69) is 31.3 Å². The van der Waals surface area contributed by atoms with E-state index in [1.165, 1.54) is 244 Å². The Bertz CT molecular complexity index is 1010. The maximum atomic E-state index is 12.4. The first-order chi connectivity index (χ1) is 32.0. The van der Waals surface area contributed by atoms with E-state index < -0.39 is 12.1 Å². The van der Waals surface area contributed by atoms with Gasteiger partial charge in [0.2, 0.25) is 5.91 Å². The highest BCUT2D eigenvalue weighted by molar-refractivity contribution is 5.76. The number of hydrogen-bond donors (Lipinski definition) is 3. The number of carbonyl (C=O) groups is 2. The normalized spacial score (nSPS) is 12.7. The molecule has 6 heteroatoms. The molecule has 6 nitrogen and oxygen atoms in total. The molecule has 3 N–H and O–H groups in total. The molecule has 0 aromatic rings. The second kappa shape index (κ2) is 54.9. The van der Waals surface area contributed by atoms with Crippen molar-refractivity contribution in [1.29, 1.82) is 0 Å². The Morgan fingerprint density at radius 3 is 1.09 bits per heavy atom. The first kappa shape index (κ1) is 63.3. The second-order valence-corrected chi connectivity index (χ2v) is 20.0. The minimum atomic E-state index is -0.843. The number of nitrogens with one attached hydrogen (secondary N) is 1. The van der Waals surface area contributed by atoms with Gasteiger partial charge in [-0.05, 0) is 57.8 Å². The fraction of sp³-hybridized carbons (Fsp3) is 0.898. The first-order valence-corrected chi connectivity index (χ1v) is 29.1. The Morgan fingerprint density at radius 2 is 0.723 bits per heavy atom. The highest BCUT2D eigenvalue weighted by atomic mass is 16.5. The Labute approximate surface area is 405 Å².